The number of H-pyrrole nitrogens is 1. The lowest BCUT2D eigenvalue weighted by Crippen LogP contribution is -2.62. The summed E-state index contributed by atoms with van der Waals surface area (Å²) in [5.41, 5.74) is 15.0. The zero-order valence-electron chi connectivity index (χ0n) is 50.5. The third-order valence-electron chi connectivity index (χ3n) is 14.6. The number of para-hydroxylation sites is 1. The van der Waals surface area contributed by atoms with Gasteiger partial charge in [0.1, 0.15) is 36.3 Å². The van der Waals surface area contributed by atoms with Crippen LogP contribution in [-0.4, -0.2) is 166 Å². The SMILES string of the molecule is CC(O)[C@@H]1NC(=O)[C@H](CCCCN)NC(=O)[C@@H](Cc2c[nH]c3ccccc23)NC(=O)[C@H](Cc2ccccc2)NC(=O)[C@@H](NC(=O)[C@H](N)Cc2ccccc2)CSSC[C@@H](C(=O)N[C@H](CO)[C@@H](C)O)NC1=O.CCCCCCCCCCCCOS(=O)(=O)O. The number of carbonyl (C=O) groups excluding carboxylic acids is 7. The highest BCUT2D eigenvalue weighted by Gasteiger charge is 2.36. The average Bonchev–Trinajstić information content (AvgIpc) is 3.75. The Morgan fingerprint density at radius 2 is 1.24 bits per heavy atom. The highest BCUT2D eigenvalue weighted by molar-refractivity contribution is 8.76. The van der Waals surface area contributed by atoms with Gasteiger partial charge in [-0.1, -0.05) is 165 Å². The van der Waals surface area contributed by atoms with Crippen LogP contribution >= 0.6 is 21.6 Å². The molecule has 24 nitrogen and oxygen atoms in total. The summed E-state index contributed by atoms with van der Waals surface area (Å²) in [7, 11) is -2.18. The summed E-state index contributed by atoms with van der Waals surface area (Å²) in [5.74, 6) is -6.01. The molecule has 1 unspecified atom stereocenters. The fourth-order valence-electron chi connectivity index (χ4n) is 9.48. The van der Waals surface area contributed by atoms with Crippen LogP contribution in [-0.2, 0) is 67.4 Å². The number of carbonyl (C=O) groups is 7. The van der Waals surface area contributed by atoms with Gasteiger partial charge < -0.3 is 69.0 Å². The molecule has 1 fully saturated rings. The Morgan fingerprint density at radius 3 is 1.84 bits per heavy atom. The first kappa shape index (κ1) is 74.3. The van der Waals surface area contributed by atoms with Crippen LogP contribution in [0.1, 0.15) is 121 Å². The van der Waals surface area contributed by atoms with Gasteiger partial charge >= 0.3 is 10.4 Å². The summed E-state index contributed by atoms with van der Waals surface area (Å²) < 4.78 is 33.0. The van der Waals surface area contributed by atoms with Crippen LogP contribution in [0.5, 0.6) is 0 Å². The van der Waals surface area contributed by atoms with Crippen LogP contribution in [0.25, 0.3) is 10.9 Å². The Morgan fingerprint density at radius 1 is 0.682 bits per heavy atom. The van der Waals surface area contributed by atoms with Gasteiger partial charge in [0.05, 0.1) is 37.5 Å². The smallest absolute Gasteiger partial charge is 0.394 e. The van der Waals surface area contributed by atoms with Crippen molar-refractivity contribution in [2.45, 2.75) is 184 Å². The Bertz CT molecular complexity index is 2870. The largest absolute Gasteiger partial charge is 0.397 e. The molecule has 3 aromatic carbocycles. The minimum atomic E-state index is -4.23. The van der Waals surface area contributed by atoms with Gasteiger partial charge in [-0.2, -0.15) is 8.42 Å². The molecule has 0 aliphatic carbocycles. The number of nitrogens with one attached hydrogen (secondary N) is 8. The predicted octanol–water partition coefficient (Wildman–Crippen LogP) is 2.92. The number of hydrogen-bond donors (Lipinski definition) is 14. The number of hydrogen-bond acceptors (Lipinski definition) is 17. The molecule has 5 rings (SSSR count). The molecule has 4 aromatic rings. The Balaban J connectivity index is 0.000000844. The third kappa shape index (κ3) is 27.7. The molecule has 488 valence electrons. The van der Waals surface area contributed by atoms with E-state index in [0.717, 1.165) is 50.9 Å². The molecule has 88 heavy (non-hydrogen) atoms. The van der Waals surface area contributed by atoms with E-state index in [1.807, 2.05) is 30.3 Å². The molecule has 10 atom stereocenters. The zero-order valence-corrected chi connectivity index (χ0v) is 53.0. The lowest BCUT2D eigenvalue weighted by atomic mass is 10.0. The second kappa shape index (κ2) is 40.5. The Hall–Kier alpha value is -6.14. The highest BCUT2D eigenvalue weighted by Crippen LogP contribution is 2.25. The van der Waals surface area contributed by atoms with Gasteiger partial charge in [0.15, 0.2) is 0 Å². The fourth-order valence-corrected chi connectivity index (χ4v) is 12.1. The van der Waals surface area contributed by atoms with Gasteiger partial charge in [-0.05, 0) is 75.3 Å². The molecule has 1 saturated heterocycles. The van der Waals surface area contributed by atoms with E-state index in [0.29, 0.717) is 30.4 Å². The lowest BCUT2D eigenvalue weighted by Gasteiger charge is -2.29. The van der Waals surface area contributed by atoms with Crippen LogP contribution in [0, 0.1) is 0 Å². The van der Waals surface area contributed by atoms with Crippen molar-refractivity contribution in [3.63, 3.8) is 0 Å². The summed E-state index contributed by atoms with van der Waals surface area (Å²) in [6.45, 7) is 4.54. The summed E-state index contributed by atoms with van der Waals surface area (Å²) in [6.07, 6.45) is 11.7. The molecule has 0 spiro atoms. The molecule has 27 heteroatoms. The van der Waals surface area contributed by atoms with Crippen molar-refractivity contribution in [3.05, 3.63) is 108 Å². The second-order valence-corrected chi connectivity index (χ2v) is 25.5. The lowest BCUT2D eigenvalue weighted by molar-refractivity contribution is -0.136. The molecule has 2 heterocycles. The Labute approximate surface area is 524 Å². The van der Waals surface area contributed by atoms with Crippen molar-refractivity contribution in [1.82, 2.24) is 42.2 Å². The predicted molar refractivity (Wildman–Crippen MR) is 341 cm³/mol. The monoisotopic (exact) mass is 1280 g/mol. The number of benzene rings is 3. The van der Waals surface area contributed by atoms with E-state index in [2.05, 4.69) is 53.3 Å². The topological polar surface area (TPSA) is 396 Å². The molecular formula is C61H92N10O14S3. The molecular weight excluding hydrogens is 1190 g/mol. The molecule has 0 radical (unpaired) electrons. The number of nitrogens with two attached hydrogens (primary N) is 2. The van der Waals surface area contributed by atoms with Gasteiger partial charge in [0.25, 0.3) is 0 Å². The first-order chi connectivity index (χ1) is 42.1. The molecule has 1 aliphatic heterocycles. The molecule has 16 N–H and O–H groups in total. The number of aromatic nitrogens is 1. The molecule has 0 bridgehead atoms. The maximum atomic E-state index is 14.7. The fraction of sp³-hybridized carbons (Fsp3) is 0.557. The first-order valence-corrected chi connectivity index (χ1v) is 34.0. The van der Waals surface area contributed by atoms with Crippen LogP contribution in [0.3, 0.4) is 0 Å². The molecule has 1 aliphatic rings. The van der Waals surface area contributed by atoms with E-state index in [1.54, 1.807) is 60.8 Å². The Kier molecular flexibility index (Phi) is 34.2. The molecule has 1 aromatic heterocycles. The number of fused-ring (bicyclic) bond motifs is 1. The third-order valence-corrected chi connectivity index (χ3v) is 17.5. The van der Waals surface area contributed by atoms with E-state index in [-0.39, 0.29) is 50.3 Å². The maximum Gasteiger partial charge on any atom is 0.397 e. The van der Waals surface area contributed by atoms with Gasteiger partial charge in [0, 0.05) is 41.4 Å². The van der Waals surface area contributed by atoms with Crippen LogP contribution < -0.4 is 48.7 Å². The number of aromatic amines is 1. The van der Waals surface area contributed by atoms with Gasteiger partial charge in [-0.15, -0.1) is 0 Å². The van der Waals surface area contributed by atoms with Crippen LogP contribution in [0.2, 0.25) is 0 Å². The molecule has 7 amide bonds. The van der Waals surface area contributed by atoms with Crippen molar-refractivity contribution in [3.8, 4) is 0 Å². The minimum absolute atomic E-state index is 0.0340. The van der Waals surface area contributed by atoms with Gasteiger partial charge in [-0.25, -0.2) is 4.18 Å². The number of aliphatic hydroxyl groups excluding tert-OH is 3. The summed E-state index contributed by atoms with van der Waals surface area (Å²) >= 11 is 0. The number of rotatable bonds is 29. The van der Waals surface area contributed by atoms with E-state index in [4.69, 9.17) is 16.0 Å². The average molecular weight is 1290 g/mol. The van der Waals surface area contributed by atoms with Crippen LogP contribution in [0.4, 0.5) is 0 Å². The van der Waals surface area contributed by atoms with Crippen LogP contribution in [0.15, 0.2) is 91.1 Å². The quantitative estimate of drug-likeness (QED) is 0.0211. The summed E-state index contributed by atoms with van der Waals surface area (Å²) in [6, 6.07) is 14.6. The van der Waals surface area contributed by atoms with Gasteiger partial charge in [0.2, 0.25) is 41.4 Å². The van der Waals surface area contributed by atoms with Crippen molar-refractivity contribution < 1.29 is 66.0 Å². The summed E-state index contributed by atoms with van der Waals surface area (Å²) in [5, 5.41) is 50.5. The maximum absolute atomic E-state index is 14.7. The molecule has 0 saturated carbocycles. The number of amides is 7. The van der Waals surface area contributed by atoms with Gasteiger partial charge in [-0.3, -0.25) is 38.1 Å². The highest BCUT2D eigenvalue weighted by atomic mass is 33.1. The van der Waals surface area contributed by atoms with E-state index >= 15 is 0 Å². The number of unbranched alkanes of at least 4 members (excludes halogenated alkanes) is 10. The summed E-state index contributed by atoms with van der Waals surface area (Å²) in [4.78, 5) is 103. The van der Waals surface area contributed by atoms with E-state index in [1.165, 1.54) is 58.8 Å². The van der Waals surface area contributed by atoms with Crippen molar-refractivity contribution in [2.24, 2.45) is 11.5 Å². The van der Waals surface area contributed by atoms with Crippen molar-refractivity contribution >= 4 is 84.2 Å². The van der Waals surface area contributed by atoms with Crippen molar-refractivity contribution in [1.29, 1.82) is 0 Å². The minimum Gasteiger partial charge on any atom is -0.394 e. The van der Waals surface area contributed by atoms with E-state index < -0.39 is 119 Å². The van der Waals surface area contributed by atoms with Crippen molar-refractivity contribution in [2.75, 3.05) is 31.3 Å². The first-order valence-electron chi connectivity index (χ1n) is 30.2. The van der Waals surface area contributed by atoms with E-state index in [9.17, 15) is 57.3 Å². The normalized spacial score (nSPS) is 20.7. The second-order valence-electron chi connectivity index (χ2n) is 21.9. The zero-order chi connectivity index (χ0) is 64.4. The number of aliphatic hydroxyl groups is 3. The standard InChI is InChI=1S/C49H66N10O10S2.C12H26O4S/c1-28(61)39(25-60)56-48(68)41-27-71-70-26-40(57-43(63)34(51)21-30-13-5-3-6-14-30)47(67)54-37(22-31-15-7-4-8-16-31)45(65)55-38(23-32-24-52-35-18-10-9-17-33(32)35)46(66)53-36(19-11-12-20-50)44(64)59-42(29(2)62)49(69)58-41;1-2-3-4-5-6-7-8-9-10-11-12-16-17(13,14)15/h3-10,13-18,24,28-29,34,36-42,52,60-62H,11-12,19-23,25-27,50-51H2,1-2H3,(H,53,66)(H,54,67)(H,55,65)(H,56,68)(H,57,63)(H,58,69)(H,59,64);2-12H2,1H3,(H,13,14,15)/t28-,29?,34-,36+,37+,38-,39-,40+,41+,42+;/m1./s1.